The van der Waals surface area contributed by atoms with Gasteiger partial charge in [0, 0.05) is 64.5 Å². The number of para-hydroxylation sites is 1. The highest BCUT2D eigenvalue weighted by Crippen LogP contribution is 2.30. The number of piperidine rings is 1. The normalized spacial score (nSPS) is 17.7. The van der Waals surface area contributed by atoms with Crippen molar-refractivity contribution in [1.29, 1.82) is 0 Å². The summed E-state index contributed by atoms with van der Waals surface area (Å²) < 4.78 is 38.1. The molecule has 192 valence electrons. The molecule has 4 rings (SSSR count). The lowest BCUT2D eigenvalue weighted by molar-refractivity contribution is -0.137. The molecule has 3 heterocycles. The third kappa shape index (κ3) is 7.24. The summed E-state index contributed by atoms with van der Waals surface area (Å²) in [6, 6.07) is 10.4. The van der Waals surface area contributed by atoms with Crippen LogP contribution in [0.2, 0.25) is 5.02 Å². The SMILES string of the molecule is C.O=C(CCN1CCN(c2ccccc2Cl)CC1)NC1CCN(c2ccc(C(F)(F)F)cn2)CC1. The van der Waals surface area contributed by atoms with Gasteiger partial charge in [0.2, 0.25) is 5.91 Å². The zero-order valence-corrected chi connectivity index (χ0v) is 19.7. The first-order chi connectivity index (χ1) is 16.3. The largest absolute Gasteiger partial charge is 0.417 e. The van der Waals surface area contributed by atoms with E-state index in [1.807, 2.05) is 29.2 Å². The molecule has 0 unspecified atom stereocenters. The standard InChI is InChI=1S/C24H29ClF3N5O.CH4/c25-20-3-1-2-4-21(20)32-15-13-31(14-16-32)10-9-23(34)30-19-7-11-33(12-8-19)22-6-5-18(17-29-22)24(26,27)28;/h1-6,17,19H,7-16H2,(H,30,34);1H4. The number of piperazine rings is 1. The lowest BCUT2D eigenvalue weighted by Crippen LogP contribution is -2.48. The van der Waals surface area contributed by atoms with Crippen LogP contribution < -0.4 is 15.1 Å². The van der Waals surface area contributed by atoms with Crippen molar-refractivity contribution >= 4 is 29.0 Å². The van der Waals surface area contributed by atoms with E-state index in [9.17, 15) is 18.0 Å². The van der Waals surface area contributed by atoms with Gasteiger partial charge in [-0.15, -0.1) is 0 Å². The van der Waals surface area contributed by atoms with E-state index >= 15 is 0 Å². The van der Waals surface area contributed by atoms with Crippen molar-refractivity contribution in [2.45, 2.75) is 38.9 Å². The summed E-state index contributed by atoms with van der Waals surface area (Å²) in [5.74, 6) is 0.577. The van der Waals surface area contributed by atoms with Crippen molar-refractivity contribution in [3.8, 4) is 0 Å². The number of anilines is 2. The van der Waals surface area contributed by atoms with Crippen LogP contribution >= 0.6 is 11.6 Å². The molecule has 1 amide bonds. The minimum absolute atomic E-state index is 0. The molecule has 2 aliphatic heterocycles. The van der Waals surface area contributed by atoms with E-state index in [0.717, 1.165) is 68.5 Å². The number of aromatic nitrogens is 1. The number of rotatable bonds is 6. The first-order valence-electron chi connectivity index (χ1n) is 11.6. The Kier molecular flexibility index (Phi) is 9.24. The molecule has 0 atom stereocenters. The Hall–Kier alpha value is -2.52. The molecule has 2 saturated heterocycles. The number of halogens is 4. The second-order valence-electron chi connectivity index (χ2n) is 8.76. The molecule has 1 aromatic carbocycles. The van der Waals surface area contributed by atoms with Gasteiger partial charge in [-0.1, -0.05) is 31.2 Å². The topological polar surface area (TPSA) is 51.7 Å². The highest BCUT2D eigenvalue weighted by molar-refractivity contribution is 6.33. The van der Waals surface area contributed by atoms with Gasteiger partial charge in [-0.2, -0.15) is 13.2 Å². The number of carbonyl (C=O) groups is 1. The number of pyridine rings is 1. The number of hydrogen-bond acceptors (Lipinski definition) is 5. The zero-order chi connectivity index (χ0) is 24.1. The molecule has 0 saturated carbocycles. The summed E-state index contributed by atoms with van der Waals surface area (Å²) in [5.41, 5.74) is 0.308. The molecule has 6 nitrogen and oxygen atoms in total. The Morgan fingerprint density at radius 2 is 1.69 bits per heavy atom. The second-order valence-corrected chi connectivity index (χ2v) is 9.17. The highest BCUT2D eigenvalue weighted by Gasteiger charge is 2.31. The smallest absolute Gasteiger partial charge is 0.368 e. The minimum atomic E-state index is -4.38. The molecule has 1 aromatic heterocycles. The van der Waals surface area contributed by atoms with Crippen LogP contribution in [0.4, 0.5) is 24.7 Å². The van der Waals surface area contributed by atoms with Crippen molar-refractivity contribution in [1.82, 2.24) is 15.2 Å². The first kappa shape index (κ1) is 27.1. The van der Waals surface area contributed by atoms with Crippen LogP contribution in [0.3, 0.4) is 0 Å². The molecule has 1 N–H and O–H groups in total. The average Bonchev–Trinajstić information content (AvgIpc) is 2.83. The van der Waals surface area contributed by atoms with Gasteiger partial charge in [-0.25, -0.2) is 4.98 Å². The maximum atomic E-state index is 12.7. The fourth-order valence-electron chi connectivity index (χ4n) is 4.47. The van der Waals surface area contributed by atoms with Crippen LogP contribution in [0.15, 0.2) is 42.6 Å². The van der Waals surface area contributed by atoms with E-state index in [2.05, 4.69) is 20.1 Å². The van der Waals surface area contributed by atoms with Gasteiger partial charge in [0.05, 0.1) is 16.3 Å². The summed E-state index contributed by atoms with van der Waals surface area (Å²) in [5, 5.41) is 3.87. The third-order valence-corrected chi connectivity index (χ3v) is 6.80. The van der Waals surface area contributed by atoms with E-state index < -0.39 is 11.7 Å². The van der Waals surface area contributed by atoms with Crippen LogP contribution in [0.5, 0.6) is 0 Å². The molecule has 10 heteroatoms. The predicted octanol–water partition coefficient (Wildman–Crippen LogP) is 4.69. The molecule has 0 radical (unpaired) electrons. The molecule has 2 aromatic rings. The van der Waals surface area contributed by atoms with Gasteiger partial charge in [-0.05, 0) is 37.1 Å². The summed E-state index contributed by atoms with van der Waals surface area (Å²) in [4.78, 5) is 23.0. The average molecular weight is 512 g/mol. The Morgan fingerprint density at radius 3 is 2.29 bits per heavy atom. The molecule has 0 bridgehead atoms. The monoisotopic (exact) mass is 511 g/mol. The molecular weight excluding hydrogens is 479 g/mol. The fraction of sp³-hybridized carbons (Fsp3) is 0.520. The van der Waals surface area contributed by atoms with Crippen LogP contribution in [-0.2, 0) is 11.0 Å². The maximum absolute atomic E-state index is 12.7. The van der Waals surface area contributed by atoms with Crippen molar-refractivity contribution in [3.05, 3.63) is 53.2 Å². The Balaban J connectivity index is 0.00000342. The van der Waals surface area contributed by atoms with Crippen LogP contribution in [0.25, 0.3) is 0 Å². The summed E-state index contributed by atoms with van der Waals surface area (Å²) in [6.07, 6.45) is -1.58. The van der Waals surface area contributed by atoms with Gasteiger partial charge >= 0.3 is 6.18 Å². The first-order valence-corrected chi connectivity index (χ1v) is 12.0. The Bertz CT molecular complexity index is 956. The van der Waals surface area contributed by atoms with E-state index in [0.29, 0.717) is 25.3 Å². The number of amides is 1. The quantitative estimate of drug-likeness (QED) is 0.610. The molecule has 2 aliphatic rings. The minimum Gasteiger partial charge on any atom is -0.368 e. The number of nitrogens with one attached hydrogen (secondary N) is 1. The van der Waals surface area contributed by atoms with Gasteiger partial charge in [0.1, 0.15) is 5.82 Å². The molecule has 2 fully saturated rings. The zero-order valence-electron chi connectivity index (χ0n) is 18.9. The second kappa shape index (κ2) is 11.9. The molecular formula is C25H33ClF3N5O. The molecule has 35 heavy (non-hydrogen) atoms. The number of hydrogen-bond donors (Lipinski definition) is 1. The van der Waals surface area contributed by atoms with Crippen molar-refractivity contribution in [2.24, 2.45) is 0 Å². The molecule has 0 aliphatic carbocycles. The number of carbonyl (C=O) groups excluding carboxylic acids is 1. The van der Waals surface area contributed by atoms with Gasteiger partial charge in [-0.3, -0.25) is 9.69 Å². The lowest BCUT2D eigenvalue weighted by atomic mass is 10.0. The van der Waals surface area contributed by atoms with Crippen LogP contribution in [0, 0.1) is 0 Å². The van der Waals surface area contributed by atoms with Crippen molar-refractivity contribution in [3.63, 3.8) is 0 Å². The van der Waals surface area contributed by atoms with Crippen LogP contribution in [-0.4, -0.2) is 67.6 Å². The lowest BCUT2D eigenvalue weighted by Gasteiger charge is -2.36. The van der Waals surface area contributed by atoms with E-state index in [-0.39, 0.29) is 19.4 Å². The van der Waals surface area contributed by atoms with E-state index in [4.69, 9.17) is 11.6 Å². The maximum Gasteiger partial charge on any atom is 0.417 e. The van der Waals surface area contributed by atoms with Gasteiger partial charge in [0.15, 0.2) is 0 Å². The van der Waals surface area contributed by atoms with Gasteiger partial charge < -0.3 is 15.1 Å². The summed E-state index contributed by atoms with van der Waals surface area (Å²) >= 11 is 6.30. The van der Waals surface area contributed by atoms with E-state index in [1.165, 1.54) is 6.07 Å². The van der Waals surface area contributed by atoms with Crippen molar-refractivity contribution < 1.29 is 18.0 Å². The highest BCUT2D eigenvalue weighted by atomic mass is 35.5. The van der Waals surface area contributed by atoms with E-state index in [1.54, 1.807) is 0 Å². The number of benzene rings is 1. The predicted molar refractivity (Wildman–Crippen MR) is 134 cm³/mol. The summed E-state index contributed by atoms with van der Waals surface area (Å²) in [7, 11) is 0. The number of alkyl halides is 3. The fourth-order valence-corrected chi connectivity index (χ4v) is 4.73. The van der Waals surface area contributed by atoms with Crippen LogP contribution in [0.1, 0.15) is 32.3 Å². The summed E-state index contributed by atoms with van der Waals surface area (Å²) in [6.45, 7) is 5.54. The van der Waals surface area contributed by atoms with Crippen molar-refractivity contribution in [2.75, 3.05) is 55.6 Å². The number of nitrogens with zero attached hydrogens (tertiary/aromatic N) is 4. The third-order valence-electron chi connectivity index (χ3n) is 6.48. The van der Waals surface area contributed by atoms with Gasteiger partial charge in [0.25, 0.3) is 0 Å². The Morgan fingerprint density at radius 1 is 1.00 bits per heavy atom. The Labute approximate surface area is 210 Å². The molecule has 0 spiro atoms.